The van der Waals surface area contributed by atoms with Gasteiger partial charge >= 0.3 is 0 Å². The van der Waals surface area contributed by atoms with Crippen molar-refractivity contribution in [3.8, 4) is 0 Å². The van der Waals surface area contributed by atoms with Crippen LogP contribution < -0.4 is 0 Å². The van der Waals surface area contributed by atoms with Gasteiger partial charge in [0.2, 0.25) is 5.91 Å². The zero-order valence-electron chi connectivity index (χ0n) is 18.6. The molecule has 0 radical (unpaired) electrons. The monoisotopic (exact) mass is 397 g/mol. The maximum atomic E-state index is 13.5. The number of rotatable bonds is 3. The fraction of sp³-hybridized carbons (Fsp3) is 0.680. The number of methoxy groups -OCH3 is 1. The predicted molar refractivity (Wildman–Crippen MR) is 114 cm³/mol. The summed E-state index contributed by atoms with van der Waals surface area (Å²) in [5.74, 6) is 0.613. The molecule has 4 heteroatoms. The summed E-state index contributed by atoms with van der Waals surface area (Å²) in [7, 11) is 1.78. The summed E-state index contributed by atoms with van der Waals surface area (Å²) in [6, 6.07) is 6.42. The van der Waals surface area contributed by atoms with E-state index in [0.29, 0.717) is 12.0 Å². The van der Waals surface area contributed by atoms with Crippen molar-refractivity contribution in [2.45, 2.75) is 83.8 Å². The Kier molecular flexibility index (Phi) is 5.13. The number of Topliss-reactive ketones (excluding diaryl/α,β-unsaturated/α-hetero) is 1. The third kappa shape index (κ3) is 3.15. The zero-order chi connectivity index (χ0) is 21.0. The van der Waals surface area contributed by atoms with Crippen molar-refractivity contribution in [1.29, 1.82) is 0 Å². The van der Waals surface area contributed by atoms with Crippen LogP contribution in [-0.4, -0.2) is 42.4 Å². The van der Waals surface area contributed by atoms with Crippen molar-refractivity contribution >= 4 is 11.7 Å². The Hall–Kier alpha value is -1.68. The lowest BCUT2D eigenvalue weighted by atomic mass is 9.50. The molecule has 0 spiro atoms. The van der Waals surface area contributed by atoms with Crippen LogP contribution in [0, 0.1) is 11.3 Å². The van der Waals surface area contributed by atoms with E-state index >= 15 is 0 Å². The average molecular weight is 398 g/mol. The van der Waals surface area contributed by atoms with Gasteiger partial charge in [0.25, 0.3) is 0 Å². The Morgan fingerprint density at radius 1 is 1.10 bits per heavy atom. The SMILES string of the molecule is COC1CCC(C(=O)N2CC[C@@]3(C)c4cc(C(C)=O)ccc4C[C@H]2C3(C)C)CC1. The maximum Gasteiger partial charge on any atom is 0.225 e. The Morgan fingerprint density at radius 2 is 1.79 bits per heavy atom. The van der Waals surface area contributed by atoms with Crippen molar-refractivity contribution in [1.82, 2.24) is 4.90 Å². The van der Waals surface area contributed by atoms with Gasteiger partial charge in [0, 0.05) is 36.6 Å². The van der Waals surface area contributed by atoms with Crippen molar-refractivity contribution in [3.63, 3.8) is 0 Å². The number of fused-ring (bicyclic) bond motifs is 4. The Labute approximate surface area is 175 Å². The van der Waals surface area contributed by atoms with Crippen molar-refractivity contribution in [3.05, 3.63) is 34.9 Å². The van der Waals surface area contributed by atoms with E-state index in [9.17, 15) is 9.59 Å². The number of benzene rings is 1. The summed E-state index contributed by atoms with van der Waals surface area (Å²) < 4.78 is 5.49. The summed E-state index contributed by atoms with van der Waals surface area (Å²) >= 11 is 0. The molecule has 1 aromatic carbocycles. The number of ether oxygens (including phenoxy) is 1. The third-order valence-electron chi connectivity index (χ3n) is 8.65. The fourth-order valence-corrected chi connectivity index (χ4v) is 6.17. The highest BCUT2D eigenvalue weighted by molar-refractivity contribution is 5.94. The molecular weight excluding hydrogens is 362 g/mol. The summed E-state index contributed by atoms with van der Waals surface area (Å²) in [5.41, 5.74) is 3.36. The van der Waals surface area contributed by atoms with Crippen LogP contribution in [0.5, 0.6) is 0 Å². The summed E-state index contributed by atoms with van der Waals surface area (Å²) in [6.07, 6.45) is 6.01. The smallest absolute Gasteiger partial charge is 0.225 e. The normalized spacial score (nSPS) is 33.1. The molecule has 2 fully saturated rings. The van der Waals surface area contributed by atoms with Crippen LogP contribution in [0.25, 0.3) is 0 Å². The highest BCUT2D eigenvalue weighted by Gasteiger charge is 2.57. The van der Waals surface area contributed by atoms with Gasteiger partial charge in [0.05, 0.1) is 6.10 Å². The molecule has 2 atom stereocenters. The van der Waals surface area contributed by atoms with Crippen LogP contribution in [0.4, 0.5) is 0 Å². The number of likely N-dealkylation sites (tertiary alicyclic amines) is 1. The lowest BCUT2D eigenvalue weighted by molar-refractivity contribution is -0.150. The second-order valence-electron chi connectivity index (χ2n) is 10.2. The molecule has 1 heterocycles. The number of nitrogens with zero attached hydrogens (tertiary/aromatic N) is 1. The lowest BCUT2D eigenvalue weighted by Gasteiger charge is -2.61. The number of hydrogen-bond donors (Lipinski definition) is 0. The minimum Gasteiger partial charge on any atom is -0.381 e. The second kappa shape index (κ2) is 7.23. The van der Waals surface area contributed by atoms with Crippen LogP contribution in [0.15, 0.2) is 18.2 Å². The van der Waals surface area contributed by atoms with Crippen molar-refractivity contribution in [2.75, 3.05) is 13.7 Å². The molecule has 0 unspecified atom stereocenters. The summed E-state index contributed by atoms with van der Waals surface area (Å²) in [4.78, 5) is 27.7. The maximum absolute atomic E-state index is 13.5. The standard InChI is InChI=1S/C25H35NO3/c1-16(27)18-6-7-19-15-22-24(2,3)25(4,21(19)14-18)12-13-26(22)23(28)17-8-10-20(29-5)11-9-17/h6-7,14,17,20,22H,8-13,15H2,1-5H3/t17?,20?,22-,25-/m0/s1. The molecule has 2 bridgehead atoms. The van der Waals surface area contributed by atoms with Gasteiger partial charge in [0.1, 0.15) is 0 Å². The van der Waals surface area contributed by atoms with E-state index < -0.39 is 0 Å². The van der Waals surface area contributed by atoms with E-state index in [4.69, 9.17) is 4.74 Å². The van der Waals surface area contributed by atoms with Crippen LogP contribution in [0.3, 0.4) is 0 Å². The van der Waals surface area contributed by atoms with Gasteiger partial charge in [0.15, 0.2) is 5.78 Å². The molecule has 29 heavy (non-hydrogen) atoms. The van der Waals surface area contributed by atoms with Gasteiger partial charge in [-0.3, -0.25) is 9.59 Å². The Bertz CT molecular complexity index is 821. The van der Waals surface area contributed by atoms with Crippen LogP contribution in [0.1, 0.15) is 81.3 Å². The van der Waals surface area contributed by atoms with Crippen molar-refractivity contribution < 1.29 is 14.3 Å². The minimum atomic E-state index is -0.0347. The first-order valence-electron chi connectivity index (χ1n) is 11.2. The molecule has 1 saturated heterocycles. The Balaban J connectivity index is 1.64. The van der Waals surface area contributed by atoms with Gasteiger partial charge in [-0.25, -0.2) is 0 Å². The van der Waals surface area contributed by atoms with E-state index in [-0.39, 0.29) is 28.6 Å². The largest absolute Gasteiger partial charge is 0.381 e. The van der Waals surface area contributed by atoms with E-state index in [1.54, 1.807) is 14.0 Å². The highest BCUT2D eigenvalue weighted by atomic mass is 16.5. The van der Waals surface area contributed by atoms with E-state index in [1.165, 1.54) is 11.1 Å². The molecule has 1 aliphatic heterocycles. The van der Waals surface area contributed by atoms with E-state index in [2.05, 4.69) is 37.8 Å². The number of hydrogen-bond acceptors (Lipinski definition) is 3. The minimum absolute atomic E-state index is 0.0266. The number of piperidine rings is 1. The first kappa shape index (κ1) is 20.6. The summed E-state index contributed by atoms with van der Waals surface area (Å²) in [6.45, 7) is 9.44. The van der Waals surface area contributed by atoms with Gasteiger partial charge in [-0.15, -0.1) is 0 Å². The molecule has 4 nitrogen and oxygen atoms in total. The van der Waals surface area contributed by atoms with Gasteiger partial charge in [-0.1, -0.05) is 32.9 Å². The third-order valence-corrected chi connectivity index (χ3v) is 8.65. The number of amides is 1. The van der Waals surface area contributed by atoms with Gasteiger partial charge in [-0.05, 0) is 68.1 Å². The number of ketones is 1. The first-order chi connectivity index (χ1) is 13.7. The molecular formula is C25H35NO3. The fourth-order valence-electron chi connectivity index (χ4n) is 6.17. The molecule has 0 N–H and O–H groups in total. The molecule has 158 valence electrons. The van der Waals surface area contributed by atoms with Crippen LogP contribution in [-0.2, 0) is 21.4 Å². The molecule has 1 amide bonds. The average Bonchev–Trinajstić information content (AvgIpc) is 2.70. The molecule has 1 aromatic rings. The molecule has 1 saturated carbocycles. The zero-order valence-corrected chi connectivity index (χ0v) is 18.6. The summed E-state index contributed by atoms with van der Waals surface area (Å²) in [5, 5.41) is 0. The highest BCUT2D eigenvalue weighted by Crippen LogP contribution is 2.56. The van der Waals surface area contributed by atoms with Crippen LogP contribution >= 0.6 is 0 Å². The molecule has 2 aliphatic carbocycles. The van der Waals surface area contributed by atoms with E-state index in [1.807, 2.05) is 6.07 Å². The quantitative estimate of drug-likeness (QED) is 0.704. The second-order valence-corrected chi connectivity index (χ2v) is 10.2. The van der Waals surface area contributed by atoms with E-state index in [0.717, 1.165) is 50.6 Å². The number of carbonyl (C=O) groups excluding carboxylic acids is 2. The van der Waals surface area contributed by atoms with Crippen molar-refractivity contribution in [2.24, 2.45) is 11.3 Å². The lowest BCUT2D eigenvalue weighted by Crippen LogP contribution is -2.65. The van der Waals surface area contributed by atoms with Gasteiger partial charge in [-0.2, -0.15) is 0 Å². The number of carbonyl (C=O) groups is 2. The van der Waals surface area contributed by atoms with Crippen LogP contribution in [0.2, 0.25) is 0 Å². The molecule has 0 aromatic heterocycles. The molecule has 4 rings (SSSR count). The predicted octanol–water partition coefficient (Wildman–Crippen LogP) is 4.54. The topological polar surface area (TPSA) is 46.6 Å². The first-order valence-corrected chi connectivity index (χ1v) is 11.2. The Morgan fingerprint density at radius 3 is 2.41 bits per heavy atom. The molecule has 3 aliphatic rings. The van der Waals surface area contributed by atoms with Gasteiger partial charge < -0.3 is 9.64 Å².